The molecule has 0 radical (unpaired) electrons. The second-order valence-electron chi connectivity index (χ2n) is 7.26. The summed E-state index contributed by atoms with van der Waals surface area (Å²) in [5, 5.41) is 2.57. The van der Waals surface area contributed by atoms with Gasteiger partial charge in [-0.2, -0.15) is 0 Å². The Hall–Kier alpha value is -2.50. The zero-order chi connectivity index (χ0) is 17.8. The number of amides is 3. The van der Waals surface area contributed by atoms with Gasteiger partial charge in [0, 0.05) is 5.70 Å². The van der Waals surface area contributed by atoms with E-state index in [1.165, 1.54) is 6.07 Å². The van der Waals surface area contributed by atoms with Crippen LogP contribution in [-0.2, 0) is 10.2 Å². The molecule has 2 heterocycles. The van der Waals surface area contributed by atoms with E-state index in [4.69, 9.17) is 0 Å². The van der Waals surface area contributed by atoms with Crippen molar-refractivity contribution in [2.24, 2.45) is 0 Å². The lowest BCUT2D eigenvalue weighted by atomic mass is 9.85. The molecule has 0 spiro atoms. The van der Waals surface area contributed by atoms with Crippen molar-refractivity contribution in [1.29, 1.82) is 0 Å². The van der Waals surface area contributed by atoms with Crippen LogP contribution in [0.2, 0.25) is 0 Å². The number of piperidine rings is 1. The number of imide groups is 1. The summed E-state index contributed by atoms with van der Waals surface area (Å²) in [4.78, 5) is 38.4. The van der Waals surface area contributed by atoms with Gasteiger partial charge in [0.05, 0.1) is 11.1 Å². The predicted octanol–water partition coefficient (Wildman–Crippen LogP) is 2.51. The van der Waals surface area contributed by atoms with Gasteiger partial charge in [0.1, 0.15) is 11.9 Å². The first-order chi connectivity index (χ1) is 11.1. The number of nitrogens with zero attached hydrogens (tertiary/aromatic N) is 1. The molecule has 0 bridgehead atoms. The molecule has 2 aliphatic rings. The molecule has 1 aromatic rings. The van der Waals surface area contributed by atoms with E-state index >= 15 is 0 Å². The highest BCUT2D eigenvalue weighted by Gasteiger charge is 2.44. The topological polar surface area (TPSA) is 66.5 Å². The summed E-state index contributed by atoms with van der Waals surface area (Å²) in [7, 11) is 0. The zero-order valence-corrected chi connectivity index (χ0v) is 13.9. The third-order valence-electron chi connectivity index (χ3n) is 4.45. The SMILES string of the molecule is C=C1CC[C@@H](N2C(=O)c3cc(F)c(C(C)(C)C)cc3C2=O)C(=O)N1. The van der Waals surface area contributed by atoms with Crippen molar-refractivity contribution in [3.05, 3.63) is 46.9 Å². The summed E-state index contributed by atoms with van der Waals surface area (Å²) in [6, 6.07) is 1.66. The van der Waals surface area contributed by atoms with Crippen molar-refractivity contribution < 1.29 is 18.8 Å². The minimum Gasteiger partial charge on any atom is -0.329 e. The number of carbonyl (C=O) groups excluding carboxylic acids is 3. The number of hydrogen-bond acceptors (Lipinski definition) is 3. The summed E-state index contributed by atoms with van der Waals surface area (Å²) in [5.74, 6) is -2.13. The standard InChI is InChI=1S/C18H19FN2O3/c1-9-5-6-14(15(22)20-9)21-16(23)10-7-12(18(2,3)4)13(19)8-11(10)17(21)24/h7-8,14H,1,5-6H2,2-4H3,(H,20,22)/t14-/m1/s1. The maximum atomic E-state index is 14.4. The lowest BCUT2D eigenvalue weighted by Gasteiger charge is -2.29. The van der Waals surface area contributed by atoms with E-state index in [2.05, 4.69) is 11.9 Å². The Morgan fingerprint density at radius 3 is 2.29 bits per heavy atom. The maximum absolute atomic E-state index is 14.4. The van der Waals surface area contributed by atoms with Crippen molar-refractivity contribution in [2.75, 3.05) is 0 Å². The minimum absolute atomic E-state index is 0.0164. The molecule has 1 atom stereocenters. The van der Waals surface area contributed by atoms with E-state index in [1.807, 2.05) is 20.8 Å². The van der Waals surface area contributed by atoms with Crippen molar-refractivity contribution in [3.63, 3.8) is 0 Å². The third kappa shape index (κ3) is 2.42. The first-order valence-corrected chi connectivity index (χ1v) is 7.82. The minimum atomic E-state index is -0.885. The molecule has 2 aliphatic heterocycles. The van der Waals surface area contributed by atoms with E-state index < -0.39 is 35.0 Å². The molecule has 1 aromatic carbocycles. The van der Waals surface area contributed by atoms with E-state index in [0.29, 0.717) is 24.1 Å². The molecular weight excluding hydrogens is 311 g/mol. The van der Waals surface area contributed by atoms with Crippen LogP contribution < -0.4 is 5.32 Å². The number of nitrogens with one attached hydrogen (secondary N) is 1. The summed E-state index contributed by atoms with van der Waals surface area (Å²) in [6.07, 6.45) is 0.816. The van der Waals surface area contributed by atoms with Crippen molar-refractivity contribution in [3.8, 4) is 0 Å². The van der Waals surface area contributed by atoms with Crippen LogP contribution in [0.25, 0.3) is 0 Å². The molecule has 24 heavy (non-hydrogen) atoms. The molecule has 0 saturated carbocycles. The second-order valence-corrected chi connectivity index (χ2v) is 7.26. The van der Waals surface area contributed by atoms with E-state index in [-0.39, 0.29) is 11.1 Å². The first-order valence-electron chi connectivity index (χ1n) is 7.82. The van der Waals surface area contributed by atoms with Gasteiger partial charge < -0.3 is 5.32 Å². The van der Waals surface area contributed by atoms with Crippen LogP contribution in [0.4, 0.5) is 4.39 Å². The highest BCUT2D eigenvalue weighted by molar-refractivity contribution is 6.23. The Bertz CT molecular complexity index is 792. The monoisotopic (exact) mass is 330 g/mol. The average molecular weight is 330 g/mol. The number of benzene rings is 1. The number of fused-ring (bicyclic) bond motifs is 1. The number of hydrogen-bond donors (Lipinski definition) is 1. The molecule has 1 N–H and O–H groups in total. The van der Waals surface area contributed by atoms with Crippen molar-refractivity contribution in [2.45, 2.75) is 45.1 Å². The van der Waals surface area contributed by atoms with Crippen LogP contribution in [0.1, 0.15) is 59.9 Å². The third-order valence-corrected chi connectivity index (χ3v) is 4.45. The number of halogens is 1. The highest BCUT2D eigenvalue weighted by Crippen LogP contribution is 2.33. The Morgan fingerprint density at radius 1 is 1.17 bits per heavy atom. The molecule has 1 saturated heterocycles. The quantitative estimate of drug-likeness (QED) is 0.805. The van der Waals surface area contributed by atoms with Crippen LogP contribution in [0.5, 0.6) is 0 Å². The van der Waals surface area contributed by atoms with Crippen LogP contribution in [0.3, 0.4) is 0 Å². The van der Waals surface area contributed by atoms with Gasteiger partial charge in [-0.3, -0.25) is 19.3 Å². The second kappa shape index (κ2) is 5.26. The van der Waals surface area contributed by atoms with E-state index in [0.717, 1.165) is 11.0 Å². The summed E-state index contributed by atoms with van der Waals surface area (Å²) in [5.41, 5.74) is 0.599. The Labute approximate surface area is 139 Å². The number of rotatable bonds is 1. The van der Waals surface area contributed by atoms with E-state index in [1.54, 1.807) is 0 Å². The zero-order valence-electron chi connectivity index (χ0n) is 13.9. The number of allylic oxidation sites excluding steroid dienone is 1. The molecule has 6 heteroatoms. The Balaban J connectivity index is 2.03. The summed E-state index contributed by atoms with van der Waals surface area (Å²) < 4.78 is 14.4. The molecule has 5 nitrogen and oxygen atoms in total. The maximum Gasteiger partial charge on any atom is 0.262 e. The van der Waals surface area contributed by atoms with Crippen LogP contribution in [0, 0.1) is 5.82 Å². The van der Waals surface area contributed by atoms with Crippen LogP contribution in [-0.4, -0.2) is 28.7 Å². The van der Waals surface area contributed by atoms with Gasteiger partial charge in [-0.15, -0.1) is 0 Å². The number of carbonyl (C=O) groups is 3. The lowest BCUT2D eigenvalue weighted by molar-refractivity contribution is -0.125. The fourth-order valence-corrected chi connectivity index (χ4v) is 3.15. The normalized spacial score (nSPS) is 21.2. The molecule has 126 valence electrons. The van der Waals surface area contributed by atoms with Crippen molar-refractivity contribution in [1.82, 2.24) is 10.2 Å². The molecular formula is C18H19FN2O3. The molecule has 0 aromatic heterocycles. The molecule has 0 unspecified atom stereocenters. The van der Waals surface area contributed by atoms with Gasteiger partial charge >= 0.3 is 0 Å². The largest absolute Gasteiger partial charge is 0.329 e. The lowest BCUT2D eigenvalue weighted by Crippen LogP contribution is -2.51. The van der Waals surface area contributed by atoms with Gasteiger partial charge in [0.2, 0.25) is 5.91 Å². The molecule has 3 rings (SSSR count). The summed E-state index contributed by atoms with van der Waals surface area (Å²) >= 11 is 0. The van der Waals surface area contributed by atoms with Gasteiger partial charge in [-0.1, -0.05) is 27.4 Å². The van der Waals surface area contributed by atoms with Gasteiger partial charge in [-0.25, -0.2) is 4.39 Å². The van der Waals surface area contributed by atoms with Gasteiger partial charge in [-0.05, 0) is 36.0 Å². The summed E-state index contributed by atoms with van der Waals surface area (Å²) in [6.45, 7) is 9.17. The Morgan fingerprint density at radius 2 is 1.75 bits per heavy atom. The van der Waals surface area contributed by atoms with Gasteiger partial charge in [0.15, 0.2) is 0 Å². The highest BCUT2D eigenvalue weighted by atomic mass is 19.1. The first kappa shape index (κ1) is 16.4. The molecule has 1 fully saturated rings. The predicted molar refractivity (Wildman–Crippen MR) is 85.9 cm³/mol. The fourth-order valence-electron chi connectivity index (χ4n) is 3.15. The average Bonchev–Trinajstić information content (AvgIpc) is 2.69. The Kier molecular flexibility index (Phi) is 3.59. The van der Waals surface area contributed by atoms with Crippen LogP contribution >= 0.6 is 0 Å². The van der Waals surface area contributed by atoms with Crippen LogP contribution in [0.15, 0.2) is 24.4 Å². The fraction of sp³-hybridized carbons (Fsp3) is 0.389. The van der Waals surface area contributed by atoms with E-state index in [9.17, 15) is 18.8 Å². The molecule has 0 aliphatic carbocycles. The van der Waals surface area contributed by atoms with Crippen molar-refractivity contribution >= 4 is 17.7 Å². The smallest absolute Gasteiger partial charge is 0.262 e. The van der Waals surface area contributed by atoms with Gasteiger partial charge in [0.25, 0.3) is 11.8 Å². The molecule has 3 amide bonds.